The van der Waals surface area contributed by atoms with Crippen molar-refractivity contribution in [2.75, 3.05) is 0 Å². The summed E-state index contributed by atoms with van der Waals surface area (Å²) in [6.45, 7) is 3.65. The van der Waals surface area contributed by atoms with Crippen LogP contribution >= 0.6 is 0 Å². The van der Waals surface area contributed by atoms with Gasteiger partial charge in [0, 0.05) is 6.08 Å². The van der Waals surface area contributed by atoms with E-state index >= 15 is 0 Å². The minimum atomic E-state index is -0.345. The molecule has 1 heterocycles. The third-order valence-corrected chi connectivity index (χ3v) is 3.22. The highest BCUT2D eigenvalue weighted by atomic mass is 16.5. The maximum Gasteiger partial charge on any atom is 0.331 e. The van der Waals surface area contributed by atoms with E-state index in [4.69, 9.17) is 4.74 Å². The predicted octanol–water partition coefficient (Wildman–Crippen LogP) is 2.75. The molecule has 0 atom stereocenters. The average Bonchev–Trinajstić information content (AvgIpc) is 2.85. The van der Waals surface area contributed by atoms with Crippen molar-refractivity contribution >= 4 is 12.0 Å². The van der Waals surface area contributed by atoms with Crippen LogP contribution in [0.5, 0.6) is 0 Å². The summed E-state index contributed by atoms with van der Waals surface area (Å²) < 4.78 is 6.94. The molecule has 5 nitrogen and oxygen atoms in total. The molecule has 0 aliphatic heterocycles. The van der Waals surface area contributed by atoms with Crippen LogP contribution in [0.3, 0.4) is 0 Å². The monoisotopic (exact) mass is 263 g/mol. The fraction of sp³-hybridized carbons (Fsp3) is 0.643. The largest absolute Gasteiger partial charge is 0.460 e. The normalized spacial score (nSPS) is 17.2. The second kappa shape index (κ2) is 6.50. The molecule has 1 fully saturated rings. The van der Waals surface area contributed by atoms with Crippen LogP contribution in [0.2, 0.25) is 0 Å². The molecule has 0 aromatic carbocycles. The molecule has 0 bridgehead atoms. The molecule has 0 spiro atoms. The number of rotatable bonds is 4. The minimum Gasteiger partial charge on any atom is -0.460 e. The van der Waals surface area contributed by atoms with Crippen molar-refractivity contribution in [2.45, 2.75) is 58.1 Å². The van der Waals surface area contributed by atoms with Crippen LogP contribution in [0.25, 0.3) is 6.08 Å². The van der Waals surface area contributed by atoms with Gasteiger partial charge in [-0.15, -0.1) is 5.10 Å². The minimum absolute atomic E-state index is 0.102. The van der Waals surface area contributed by atoms with Crippen LogP contribution in [0.1, 0.15) is 57.7 Å². The van der Waals surface area contributed by atoms with Crippen molar-refractivity contribution in [3.05, 3.63) is 18.0 Å². The molecule has 1 aromatic rings. The fourth-order valence-electron chi connectivity index (χ4n) is 2.32. The Morgan fingerprint density at radius 3 is 2.84 bits per heavy atom. The van der Waals surface area contributed by atoms with Gasteiger partial charge in [-0.25, -0.2) is 9.48 Å². The van der Waals surface area contributed by atoms with Gasteiger partial charge < -0.3 is 4.74 Å². The lowest BCUT2D eigenvalue weighted by Crippen LogP contribution is -2.13. The lowest BCUT2D eigenvalue weighted by molar-refractivity contribution is -0.141. The fourth-order valence-corrected chi connectivity index (χ4v) is 2.32. The van der Waals surface area contributed by atoms with E-state index < -0.39 is 0 Å². The second-order valence-corrected chi connectivity index (χ2v) is 5.23. The first kappa shape index (κ1) is 13.8. The van der Waals surface area contributed by atoms with E-state index in [-0.39, 0.29) is 12.1 Å². The molecule has 0 amide bonds. The van der Waals surface area contributed by atoms with Crippen LogP contribution in [0, 0.1) is 0 Å². The van der Waals surface area contributed by atoms with Crippen molar-refractivity contribution in [2.24, 2.45) is 0 Å². The van der Waals surface area contributed by atoms with E-state index in [0.29, 0.717) is 11.7 Å². The first-order valence-electron chi connectivity index (χ1n) is 6.95. The molecular weight excluding hydrogens is 242 g/mol. The molecule has 1 aromatic heterocycles. The highest BCUT2D eigenvalue weighted by molar-refractivity contribution is 5.86. The first-order chi connectivity index (χ1) is 9.15. The standard InChI is InChI=1S/C14H21N3O2/c1-11(2)19-14(18)9-8-12-10-17(16-15-12)13-6-4-3-5-7-13/h8-11,13H,3-7H2,1-2H3. The van der Waals surface area contributed by atoms with Gasteiger partial charge >= 0.3 is 5.97 Å². The van der Waals surface area contributed by atoms with Gasteiger partial charge in [-0.1, -0.05) is 24.5 Å². The van der Waals surface area contributed by atoms with Gasteiger partial charge in [0.25, 0.3) is 0 Å². The second-order valence-electron chi connectivity index (χ2n) is 5.23. The van der Waals surface area contributed by atoms with Gasteiger partial charge in [0.15, 0.2) is 0 Å². The van der Waals surface area contributed by atoms with E-state index in [1.54, 1.807) is 6.08 Å². The van der Waals surface area contributed by atoms with Crippen molar-refractivity contribution < 1.29 is 9.53 Å². The van der Waals surface area contributed by atoms with Gasteiger partial charge in [0.2, 0.25) is 0 Å². The maximum atomic E-state index is 11.4. The Morgan fingerprint density at radius 2 is 2.16 bits per heavy atom. The third kappa shape index (κ3) is 4.19. The van der Waals surface area contributed by atoms with Crippen molar-refractivity contribution in [1.82, 2.24) is 15.0 Å². The molecule has 19 heavy (non-hydrogen) atoms. The van der Waals surface area contributed by atoms with E-state index in [1.807, 2.05) is 24.7 Å². The van der Waals surface area contributed by atoms with Gasteiger partial charge in [0.1, 0.15) is 5.69 Å². The molecule has 1 aliphatic rings. The molecule has 0 radical (unpaired) electrons. The molecule has 0 unspecified atom stereocenters. The summed E-state index contributed by atoms with van der Waals surface area (Å²) in [6, 6.07) is 0.464. The van der Waals surface area contributed by atoms with Gasteiger partial charge in [-0.05, 0) is 32.8 Å². The highest BCUT2D eigenvalue weighted by Crippen LogP contribution is 2.27. The summed E-state index contributed by atoms with van der Waals surface area (Å²) in [5.41, 5.74) is 0.700. The van der Waals surface area contributed by atoms with Crippen LogP contribution in [0.15, 0.2) is 12.3 Å². The van der Waals surface area contributed by atoms with E-state index in [2.05, 4.69) is 10.3 Å². The highest BCUT2D eigenvalue weighted by Gasteiger charge is 2.16. The van der Waals surface area contributed by atoms with E-state index in [1.165, 1.54) is 38.2 Å². The Balaban J connectivity index is 1.93. The Morgan fingerprint density at radius 1 is 1.42 bits per heavy atom. The summed E-state index contributed by atoms with van der Waals surface area (Å²) in [5, 5.41) is 8.20. The molecule has 0 N–H and O–H groups in total. The predicted molar refractivity (Wildman–Crippen MR) is 72.4 cm³/mol. The summed E-state index contributed by atoms with van der Waals surface area (Å²) in [5.74, 6) is -0.345. The Labute approximate surface area is 113 Å². The topological polar surface area (TPSA) is 57.0 Å². The van der Waals surface area contributed by atoms with E-state index in [0.717, 1.165) is 0 Å². The number of esters is 1. The summed E-state index contributed by atoms with van der Waals surface area (Å²) in [7, 11) is 0. The smallest absolute Gasteiger partial charge is 0.331 e. The average molecular weight is 263 g/mol. The number of hydrogen-bond donors (Lipinski definition) is 0. The van der Waals surface area contributed by atoms with Crippen LogP contribution in [-0.4, -0.2) is 27.1 Å². The van der Waals surface area contributed by atoms with E-state index in [9.17, 15) is 4.79 Å². The lowest BCUT2D eigenvalue weighted by Gasteiger charge is -2.20. The Kier molecular flexibility index (Phi) is 4.71. The molecular formula is C14H21N3O2. The quantitative estimate of drug-likeness (QED) is 0.619. The first-order valence-corrected chi connectivity index (χ1v) is 6.95. The number of carbonyl (C=O) groups excluding carboxylic acids is 1. The van der Waals surface area contributed by atoms with Gasteiger partial charge in [-0.3, -0.25) is 0 Å². The lowest BCUT2D eigenvalue weighted by atomic mass is 9.96. The number of ether oxygens (including phenoxy) is 1. The Hall–Kier alpha value is -1.65. The van der Waals surface area contributed by atoms with Crippen molar-refractivity contribution in [3.8, 4) is 0 Å². The molecule has 2 rings (SSSR count). The molecule has 104 valence electrons. The number of carbonyl (C=O) groups is 1. The zero-order valence-electron chi connectivity index (χ0n) is 11.6. The zero-order chi connectivity index (χ0) is 13.7. The van der Waals surface area contributed by atoms with Crippen LogP contribution in [-0.2, 0) is 9.53 Å². The van der Waals surface area contributed by atoms with Crippen molar-refractivity contribution in [1.29, 1.82) is 0 Å². The summed E-state index contributed by atoms with van der Waals surface area (Å²) in [6.07, 6.45) is 11.0. The number of aromatic nitrogens is 3. The Bertz CT molecular complexity index is 445. The van der Waals surface area contributed by atoms with Crippen LogP contribution < -0.4 is 0 Å². The number of hydrogen-bond acceptors (Lipinski definition) is 4. The van der Waals surface area contributed by atoms with Gasteiger partial charge in [-0.2, -0.15) is 0 Å². The summed E-state index contributed by atoms with van der Waals surface area (Å²) >= 11 is 0. The van der Waals surface area contributed by atoms with Crippen molar-refractivity contribution in [3.63, 3.8) is 0 Å². The molecule has 1 aliphatic carbocycles. The molecule has 0 saturated heterocycles. The molecule has 5 heteroatoms. The third-order valence-electron chi connectivity index (χ3n) is 3.22. The zero-order valence-corrected chi connectivity index (χ0v) is 11.6. The number of nitrogens with zero attached hydrogens (tertiary/aromatic N) is 3. The molecule has 1 saturated carbocycles. The van der Waals surface area contributed by atoms with Crippen LogP contribution in [0.4, 0.5) is 0 Å². The van der Waals surface area contributed by atoms with Gasteiger partial charge in [0.05, 0.1) is 18.3 Å². The summed E-state index contributed by atoms with van der Waals surface area (Å²) in [4.78, 5) is 11.4. The maximum absolute atomic E-state index is 11.4. The SMILES string of the molecule is CC(C)OC(=O)C=Cc1cn(C2CCCCC2)nn1.